The molecule has 0 amide bonds. The molecule has 0 saturated carbocycles. The summed E-state index contributed by atoms with van der Waals surface area (Å²) in [5.74, 6) is 0. The molecule has 6 heteroatoms. The van der Waals surface area contributed by atoms with Crippen molar-refractivity contribution in [1.82, 2.24) is 4.98 Å². The topological polar surface area (TPSA) is 56.6 Å². The fourth-order valence-corrected chi connectivity index (χ4v) is 1.08. The van der Waals surface area contributed by atoms with Crippen LogP contribution in [-0.4, -0.2) is 4.98 Å². The lowest BCUT2D eigenvalue weighted by Crippen LogP contribution is -2.09. The van der Waals surface area contributed by atoms with Crippen molar-refractivity contribution in [2.24, 2.45) is 0 Å². The largest absolute Gasteiger partial charge is 0.312 e. The third kappa shape index (κ3) is 1.84. The van der Waals surface area contributed by atoms with Gasteiger partial charge in [-0.2, -0.15) is 5.26 Å². The molecule has 0 saturated heterocycles. The molecule has 1 heterocycles. The smallest absolute Gasteiger partial charge is 0.265 e. The van der Waals surface area contributed by atoms with Crippen LogP contribution in [0, 0.1) is 11.3 Å². The molecule has 68 valence electrons. The molecule has 1 N–H and O–H groups in total. The van der Waals surface area contributed by atoms with Crippen LogP contribution in [0.5, 0.6) is 0 Å². The van der Waals surface area contributed by atoms with Crippen LogP contribution in [0.4, 0.5) is 8.78 Å². The van der Waals surface area contributed by atoms with Crippen molar-refractivity contribution in [2.75, 3.05) is 0 Å². The first kappa shape index (κ1) is 9.68. The second-order valence-corrected chi connectivity index (χ2v) is 2.57. The molecule has 0 radical (unpaired) electrons. The Labute approximate surface area is 76.6 Å². The normalized spacial score (nSPS) is 10.1. The molecule has 1 aromatic heterocycles. The van der Waals surface area contributed by atoms with Crippen LogP contribution >= 0.6 is 11.6 Å². The summed E-state index contributed by atoms with van der Waals surface area (Å²) in [6.07, 6.45) is -2.88. The van der Waals surface area contributed by atoms with Gasteiger partial charge in [-0.05, 0) is 0 Å². The van der Waals surface area contributed by atoms with E-state index in [9.17, 15) is 13.6 Å². The minimum atomic E-state index is -2.88. The van der Waals surface area contributed by atoms with E-state index in [2.05, 4.69) is 0 Å². The number of pyridine rings is 1. The highest BCUT2D eigenvalue weighted by atomic mass is 35.5. The summed E-state index contributed by atoms with van der Waals surface area (Å²) in [4.78, 5) is 12.7. The number of alkyl halides is 2. The van der Waals surface area contributed by atoms with Crippen LogP contribution in [0.2, 0.25) is 5.15 Å². The van der Waals surface area contributed by atoms with E-state index in [0.717, 1.165) is 0 Å². The lowest BCUT2D eigenvalue weighted by molar-refractivity contribution is 0.151. The molecular formula is C7H3ClF2N2O. The van der Waals surface area contributed by atoms with E-state index in [1.165, 1.54) is 6.07 Å². The van der Waals surface area contributed by atoms with Crippen molar-refractivity contribution >= 4 is 11.6 Å². The van der Waals surface area contributed by atoms with Gasteiger partial charge in [-0.3, -0.25) is 4.79 Å². The predicted molar refractivity (Wildman–Crippen MR) is 41.7 cm³/mol. The molecule has 0 atom stereocenters. The first-order valence-corrected chi connectivity index (χ1v) is 3.55. The summed E-state index contributed by atoms with van der Waals surface area (Å²) in [5.41, 5.74) is -1.79. The summed E-state index contributed by atoms with van der Waals surface area (Å²) >= 11 is 5.37. The molecule has 3 nitrogen and oxygen atoms in total. The van der Waals surface area contributed by atoms with Gasteiger partial charge < -0.3 is 4.98 Å². The fraction of sp³-hybridized carbons (Fsp3) is 0.143. The highest BCUT2D eigenvalue weighted by Gasteiger charge is 2.16. The van der Waals surface area contributed by atoms with Gasteiger partial charge in [-0.1, -0.05) is 11.6 Å². The van der Waals surface area contributed by atoms with Crippen LogP contribution in [0.3, 0.4) is 0 Å². The molecule has 0 fully saturated rings. The van der Waals surface area contributed by atoms with Gasteiger partial charge in [0.1, 0.15) is 11.2 Å². The van der Waals surface area contributed by atoms with E-state index in [0.29, 0.717) is 6.07 Å². The quantitative estimate of drug-likeness (QED) is 0.710. The van der Waals surface area contributed by atoms with Gasteiger partial charge in [-0.15, -0.1) is 0 Å². The first-order chi connectivity index (χ1) is 6.06. The van der Waals surface area contributed by atoms with Crippen molar-refractivity contribution in [3.8, 4) is 6.07 Å². The van der Waals surface area contributed by atoms with E-state index in [4.69, 9.17) is 16.9 Å². The molecular weight excluding hydrogens is 202 g/mol. The molecule has 0 aliphatic carbocycles. The van der Waals surface area contributed by atoms with Gasteiger partial charge in [0.05, 0.1) is 5.56 Å². The molecule has 0 aliphatic rings. The maximum Gasteiger partial charge on any atom is 0.265 e. The summed E-state index contributed by atoms with van der Waals surface area (Å²) < 4.78 is 24.4. The molecule has 0 unspecified atom stereocenters. The zero-order valence-electron chi connectivity index (χ0n) is 6.14. The molecule has 1 aromatic rings. The van der Waals surface area contributed by atoms with Crippen molar-refractivity contribution < 1.29 is 8.78 Å². The monoisotopic (exact) mass is 204 g/mol. The minimum absolute atomic E-state index is 0.356. The molecule has 0 bridgehead atoms. The molecule has 13 heavy (non-hydrogen) atoms. The van der Waals surface area contributed by atoms with E-state index in [1.807, 2.05) is 4.98 Å². The highest BCUT2D eigenvalue weighted by molar-refractivity contribution is 6.30. The van der Waals surface area contributed by atoms with E-state index in [1.54, 1.807) is 0 Å². The number of rotatable bonds is 1. The number of H-pyrrole nitrogens is 1. The Morgan fingerprint density at radius 1 is 1.62 bits per heavy atom. The van der Waals surface area contributed by atoms with E-state index in [-0.39, 0.29) is 5.15 Å². The van der Waals surface area contributed by atoms with E-state index >= 15 is 0 Å². The lowest BCUT2D eigenvalue weighted by atomic mass is 10.1. The zero-order valence-corrected chi connectivity index (χ0v) is 6.90. The second-order valence-electron chi connectivity index (χ2n) is 2.19. The van der Waals surface area contributed by atoms with Crippen molar-refractivity contribution in [3.63, 3.8) is 0 Å². The number of nitrogens with one attached hydrogen (secondary N) is 1. The second kappa shape index (κ2) is 3.54. The zero-order chi connectivity index (χ0) is 10.0. The Bertz CT molecular complexity index is 421. The Morgan fingerprint density at radius 2 is 2.23 bits per heavy atom. The van der Waals surface area contributed by atoms with Crippen molar-refractivity contribution in [1.29, 1.82) is 5.26 Å². The van der Waals surface area contributed by atoms with Gasteiger partial charge in [0, 0.05) is 11.6 Å². The lowest BCUT2D eigenvalue weighted by Gasteiger charge is -2.02. The highest BCUT2D eigenvalue weighted by Crippen LogP contribution is 2.24. The van der Waals surface area contributed by atoms with Crippen LogP contribution in [0.1, 0.15) is 17.6 Å². The third-order valence-electron chi connectivity index (χ3n) is 1.37. The Hall–Kier alpha value is -1.41. The van der Waals surface area contributed by atoms with Gasteiger partial charge in [0.2, 0.25) is 5.56 Å². The van der Waals surface area contributed by atoms with Crippen molar-refractivity contribution in [3.05, 3.63) is 32.7 Å². The number of nitrogens with zero attached hydrogens (tertiary/aromatic N) is 1. The van der Waals surface area contributed by atoms with Crippen LogP contribution in [0.25, 0.3) is 0 Å². The predicted octanol–water partition coefficient (Wildman–Crippen LogP) is 1.84. The number of aromatic nitrogens is 1. The molecule has 0 aromatic carbocycles. The SMILES string of the molecule is N#Cc1c(C(F)F)cc(=O)[nH]c1Cl. The maximum absolute atomic E-state index is 12.2. The van der Waals surface area contributed by atoms with Crippen LogP contribution in [0.15, 0.2) is 10.9 Å². The van der Waals surface area contributed by atoms with Crippen molar-refractivity contribution in [2.45, 2.75) is 6.43 Å². The Balaban J connectivity index is 3.50. The number of hydrogen-bond acceptors (Lipinski definition) is 2. The minimum Gasteiger partial charge on any atom is -0.312 e. The van der Waals surface area contributed by atoms with Gasteiger partial charge in [0.25, 0.3) is 6.43 Å². The van der Waals surface area contributed by atoms with Crippen LogP contribution in [-0.2, 0) is 0 Å². The summed E-state index contributed by atoms with van der Waals surface area (Å²) in [6.45, 7) is 0. The van der Waals surface area contributed by atoms with Gasteiger partial charge in [0.15, 0.2) is 0 Å². The molecule has 0 spiro atoms. The first-order valence-electron chi connectivity index (χ1n) is 3.17. The number of halogens is 3. The fourth-order valence-electron chi connectivity index (χ4n) is 0.833. The number of hydrogen-bond donors (Lipinski definition) is 1. The summed E-state index contributed by atoms with van der Waals surface area (Å²) in [6, 6.07) is 2.15. The summed E-state index contributed by atoms with van der Waals surface area (Å²) in [7, 11) is 0. The molecule has 1 rings (SSSR count). The Kier molecular flexibility index (Phi) is 2.63. The van der Waals surface area contributed by atoms with Gasteiger partial charge >= 0.3 is 0 Å². The standard InChI is InChI=1S/C7H3ClF2N2O/c8-6-4(2-11)3(7(9)10)1-5(13)12-6/h1,7H,(H,12,13). The average molecular weight is 205 g/mol. The Morgan fingerprint density at radius 3 is 2.69 bits per heavy atom. The number of aromatic amines is 1. The van der Waals surface area contributed by atoms with E-state index < -0.39 is 23.1 Å². The van der Waals surface area contributed by atoms with Crippen LogP contribution < -0.4 is 5.56 Å². The summed E-state index contributed by atoms with van der Waals surface area (Å²) in [5, 5.41) is 8.09. The maximum atomic E-state index is 12.2. The molecule has 0 aliphatic heterocycles. The van der Waals surface area contributed by atoms with Gasteiger partial charge in [-0.25, -0.2) is 8.78 Å². The third-order valence-corrected chi connectivity index (χ3v) is 1.66. The number of nitriles is 1. The average Bonchev–Trinajstić information content (AvgIpc) is 2.02.